The largest absolute Gasteiger partial charge is 0.467 e. The van der Waals surface area contributed by atoms with Gasteiger partial charge in [0.2, 0.25) is 0 Å². The van der Waals surface area contributed by atoms with E-state index >= 15 is 0 Å². The zero-order valence-corrected chi connectivity index (χ0v) is 13.9. The van der Waals surface area contributed by atoms with E-state index in [1.165, 1.54) is 7.11 Å². The summed E-state index contributed by atoms with van der Waals surface area (Å²) in [6.07, 6.45) is -0.723. The molecule has 0 N–H and O–H groups in total. The van der Waals surface area contributed by atoms with Gasteiger partial charge in [-0.15, -0.1) is 0 Å². The molecule has 0 radical (unpaired) electrons. The number of ether oxygens (including phenoxy) is 2. The lowest BCUT2D eigenvalue weighted by Crippen LogP contribution is -2.29. The van der Waals surface area contributed by atoms with Crippen LogP contribution in [-0.2, 0) is 14.3 Å². The van der Waals surface area contributed by atoms with Crippen molar-refractivity contribution in [1.29, 1.82) is 0 Å². The van der Waals surface area contributed by atoms with E-state index in [0.29, 0.717) is 0 Å². The Kier molecular flexibility index (Phi) is 5.16. The average molecular weight is 329 g/mol. The van der Waals surface area contributed by atoms with Gasteiger partial charge in [-0.3, -0.25) is 0 Å². The van der Waals surface area contributed by atoms with Crippen LogP contribution in [0, 0.1) is 13.8 Å². The second-order valence-corrected chi connectivity index (χ2v) is 6.35. The Morgan fingerprint density at radius 1 is 1.21 bits per heavy atom. The number of esters is 1. The SMILES string of the molecule is COC(=O)C(OC(C)(C)C)c1c(C)ccc(C)c1Br. The number of halogens is 1. The summed E-state index contributed by atoms with van der Waals surface area (Å²) in [5.74, 6) is -0.385. The van der Waals surface area contributed by atoms with Crippen LogP contribution in [0.4, 0.5) is 0 Å². The van der Waals surface area contributed by atoms with E-state index in [2.05, 4.69) is 15.9 Å². The minimum atomic E-state index is -0.723. The predicted octanol–water partition coefficient (Wildman–Crippen LogP) is 4.10. The summed E-state index contributed by atoms with van der Waals surface area (Å²) < 4.78 is 11.7. The van der Waals surface area contributed by atoms with E-state index in [9.17, 15) is 4.79 Å². The molecule has 0 aromatic heterocycles. The molecule has 4 heteroatoms. The number of carbonyl (C=O) groups is 1. The minimum Gasteiger partial charge on any atom is -0.467 e. The molecule has 1 atom stereocenters. The molecule has 0 aliphatic rings. The normalized spacial score (nSPS) is 13.2. The molecule has 0 aliphatic heterocycles. The highest BCUT2D eigenvalue weighted by atomic mass is 79.9. The maximum Gasteiger partial charge on any atom is 0.339 e. The molecule has 1 aromatic rings. The summed E-state index contributed by atoms with van der Waals surface area (Å²) in [7, 11) is 1.38. The van der Waals surface area contributed by atoms with E-state index in [4.69, 9.17) is 9.47 Å². The van der Waals surface area contributed by atoms with Crippen molar-refractivity contribution in [1.82, 2.24) is 0 Å². The molecule has 0 fully saturated rings. The van der Waals surface area contributed by atoms with Crippen LogP contribution in [0.15, 0.2) is 16.6 Å². The Balaban J connectivity index is 3.33. The number of hydrogen-bond acceptors (Lipinski definition) is 3. The number of hydrogen-bond donors (Lipinski definition) is 0. The Bertz CT molecular complexity index is 475. The predicted molar refractivity (Wildman–Crippen MR) is 79.2 cm³/mol. The van der Waals surface area contributed by atoms with Gasteiger partial charge in [0.25, 0.3) is 0 Å². The van der Waals surface area contributed by atoms with Gasteiger partial charge in [0.1, 0.15) is 0 Å². The van der Waals surface area contributed by atoms with E-state index in [1.54, 1.807) is 0 Å². The number of benzene rings is 1. The molecular weight excluding hydrogens is 308 g/mol. The summed E-state index contributed by atoms with van der Waals surface area (Å²) in [5.41, 5.74) is 2.46. The molecule has 3 nitrogen and oxygen atoms in total. The van der Waals surface area contributed by atoms with E-state index < -0.39 is 11.7 Å². The molecule has 0 bridgehead atoms. The third kappa shape index (κ3) is 4.05. The molecule has 0 heterocycles. The van der Waals surface area contributed by atoms with Crippen LogP contribution in [0.3, 0.4) is 0 Å². The van der Waals surface area contributed by atoms with Gasteiger partial charge in [0.05, 0.1) is 12.7 Å². The van der Waals surface area contributed by atoms with E-state index in [0.717, 1.165) is 21.2 Å². The average Bonchev–Trinajstić information content (AvgIpc) is 2.30. The highest BCUT2D eigenvalue weighted by Crippen LogP contribution is 2.34. The first-order valence-electron chi connectivity index (χ1n) is 6.18. The zero-order chi connectivity index (χ0) is 14.8. The van der Waals surface area contributed by atoms with E-state index in [-0.39, 0.29) is 5.97 Å². The van der Waals surface area contributed by atoms with Gasteiger partial charge in [0, 0.05) is 10.0 Å². The highest BCUT2D eigenvalue weighted by Gasteiger charge is 2.31. The van der Waals surface area contributed by atoms with Gasteiger partial charge >= 0.3 is 5.97 Å². The molecule has 1 rings (SSSR count). The Morgan fingerprint density at radius 2 is 1.74 bits per heavy atom. The monoisotopic (exact) mass is 328 g/mol. The van der Waals surface area contributed by atoms with Crippen LogP contribution in [0.5, 0.6) is 0 Å². The summed E-state index contributed by atoms with van der Waals surface area (Å²) >= 11 is 3.55. The molecule has 0 saturated carbocycles. The Morgan fingerprint density at radius 3 is 2.21 bits per heavy atom. The van der Waals surface area contributed by atoms with Gasteiger partial charge in [-0.1, -0.05) is 28.1 Å². The molecule has 0 saturated heterocycles. The maximum absolute atomic E-state index is 12.0. The van der Waals surface area contributed by atoms with Crippen molar-refractivity contribution in [3.05, 3.63) is 33.3 Å². The fraction of sp³-hybridized carbons (Fsp3) is 0.533. The van der Waals surface area contributed by atoms with Crippen LogP contribution in [0.2, 0.25) is 0 Å². The second kappa shape index (κ2) is 6.06. The molecule has 0 aliphatic carbocycles. The first-order valence-corrected chi connectivity index (χ1v) is 6.98. The van der Waals surface area contributed by atoms with Crippen LogP contribution >= 0.6 is 15.9 Å². The lowest BCUT2D eigenvalue weighted by Gasteiger charge is -2.28. The number of carbonyl (C=O) groups excluding carboxylic acids is 1. The van der Waals surface area contributed by atoms with Crippen molar-refractivity contribution in [2.24, 2.45) is 0 Å². The first kappa shape index (κ1) is 16.2. The Hall–Kier alpha value is -0.870. The number of rotatable bonds is 3. The highest BCUT2D eigenvalue weighted by molar-refractivity contribution is 9.10. The molecule has 1 unspecified atom stereocenters. The van der Waals surface area contributed by atoms with Gasteiger partial charge < -0.3 is 9.47 Å². The van der Waals surface area contributed by atoms with Crippen molar-refractivity contribution in [3.63, 3.8) is 0 Å². The molecule has 0 spiro atoms. The number of methoxy groups -OCH3 is 1. The van der Waals surface area contributed by atoms with E-state index in [1.807, 2.05) is 46.8 Å². The lowest BCUT2D eigenvalue weighted by atomic mass is 10.00. The molecule has 106 valence electrons. The fourth-order valence-corrected chi connectivity index (χ4v) is 2.46. The third-order valence-electron chi connectivity index (χ3n) is 2.74. The summed E-state index contributed by atoms with van der Waals surface area (Å²) in [4.78, 5) is 12.0. The van der Waals surface area contributed by atoms with Gasteiger partial charge in [-0.2, -0.15) is 0 Å². The smallest absolute Gasteiger partial charge is 0.339 e. The van der Waals surface area contributed by atoms with Gasteiger partial charge in [-0.05, 0) is 45.7 Å². The van der Waals surface area contributed by atoms with Crippen molar-refractivity contribution >= 4 is 21.9 Å². The van der Waals surface area contributed by atoms with Crippen LogP contribution in [0.1, 0.15) is 43.6 Å². The third-order valence-corrected chi connectivity index (χ3v) is 3.79. The van der Waals surface area contributed by atoms with Gasteiger partial charge in [0.15, 0.2) is 6.10 Å². The molecular formula is C15H21BrO3. The summed E-state index contributed by atoms with van der Waals surface area (Å²) in [5, 5.41) is 0. The molecule has 0 amide bonds. The number of aryl methyl sites for hydroxylation is 2. The fourth-order valence-electron chi connectivity index (χ4n) is 1.81. The summed E-state index contributed by atoms with van der Waals surface area (Å²) in [6, 6.07) is 3.99. The van der Waals surface area contributed by atoms with Crippen molar-refractivity contribution in [3.8, 4) is 0 Å². The standard InChI is InChI=1S/C15H21BrO3/c1-9-7-8-10(2)12(16)11(9)13(14(17)18-6)19-15(3,4)5/h7-8,13H,1-6H3. The Labute approximate surface area is 123 Å². The van der Waals surface area contributed by atoms with Crippen molar-refractivity contribution in [2.75, 3.05) is 7.11 Å². The molecule has 1 aromatic carbocycles. The summed E-state index contributed by atoms with van der Waals surface area (Å²) in [6.45, 7) is 9.70. The van der Waals surface area contributed by atoms with Crippen LogP contribution in [0.25, 0.3) is 0 Å². The van der Waals surface area contributed by atoms with Crippen LogP contribution < -0.4 is 0 Å². The van der Waals surface area contributed by atoms with Crippen molar-refractivity contribution < 1.29 is 14.3 Å². The topological polar surface area (TPSA) is 35.5 Å². The second-order valence-electron chi connectivity index (χ2n) is 5.56. The van der Waals surface area contributed by atoms with Crippen molar-refractivity contribution in [2.45, 2.75) is 46.3 Å². The zero-order valence-electron chi connectivity index (χ0n) is 12.3. The minimum absolute atomic E-state index is 0.385. The first-order chi connectivity index (χ1) is 8.67. The molecule has 19 heavy (non-hydrogen) atoms. The maximum atomic E-state index is 12.0. The lowest BCUT2D eigenvalue weighted by molar-refractivity contribution is -0.164. The van der Waals surface area contributed by atoms with Gasteiger partial charge in [-0.25, -0.2) is 4.79 Å². The quantitative estimate of drug-likeness (QED) is 0.784. The van der Waals surface area contributed by atoms with Crippen LogP contribution in [-0.4, -0.2) is 18.7 Å².